The van der Waals surface area contributed by atoms with E-state index in [1.807, 2.05) is 6.07 Å². The van der Waals surface area contributed by atoms with Gasteiger partial charge in [0.1, 0.15) is 0 Å². The lowest BCUT2D eigenvalue weighted by molar-refractivity contribution is -0.136. The first-order valence-electron chi connectivity index (χ1n) is 7.73. The predicted octanol–water partition coefficient (Wildman–Crippen LogP) is 4.90. The van der Waals surface area contributed by atoms with Crippen LogP contribution in [0.4, 0.5) is 0 Å². The number of carbonyl (C=O) groups excluding carboxylic acids is 1. The van der Waals surface area contributed by atoms with E-state index in [-0.39, 0.29) is 5.97 Å². The van der Waals surface area contributed by atoms with Crippen LogP contribution in [-0.4, -0.2) is 13.1 Å². The summed E-state index contributed by atoms with van der Waals surface area (Å²) in [5, 5.41) is 2.46. The molecule has 0 atom stereocenters. The van der Waals surface area contributed by atoms with Gasteiger partial charge in [0.15, 0.2) is 0 Å². The van der Waals surface area contributed by atoms with Crippen molar-refractivity contribution in [3.05, 3.63) is 65.3 Å². The monoisotopic (exact) mass is 292 g/mol. The van der Waals surface area contributed by atoms with E-state index in [1.165, 1.54) is 29.0 Å². The Morgan fingerprint density at radius 3 is 2.64 bits per heavy atom. The number of benzene rings is 2. The Morgan fingerprint density at radius 1 is 1.14 bits per heavy atom. The molecule has 2 heteroatoms. The molecule has 2 nitrogen and oxygen atoms in total. The number of rotatable bonds is 4. The molecule has 112 valence electrons. The second-order valence-corrected chi connectivity index (χ2v) is 5.65. The van der Waals surface area contributed by atoms with Crippen LogP contribution in [0.5, 0.6) is 0 Å². The lowest BCUT2D eigenvalue weighted by Gasteiger charge is -2.06. The van der Waals surface area contributed by atoms with Gasteiger partial charge in [-0.25, -0.2) is 4.79 Å². The van der Waals surface area contributed by atoms with E-state index in [2.05, 4.69) is 49.4 Å². The molecule has 0 radical (unpaired) electrons. The second-order valence-electron chi connectivity index (χ2n) is 5.65. The normalized spacial score (nSPS) is 14.4. The van der Waals surface area contributed by atoms with Crippen LogP contribution in [0.25, 0.3) is 16.3 Å². The van der Waals surface area contributed by atoms with Gasteiger partial charge in [-0.3, -0.25) is 0 Å². The highest BCUT2D eigenvalue weighted by molar-refractivity contribution is 5.97. The molecule has 2 aromatic carbocycles. The summed E-state index contributed by atoms with van der Waals surface area (Å²) in [6.45, 7) is 2.13. The van der Waals surface area contributed by atoms with Crippen LogP contribution >= 0.6 is 0 Å². The lowest BCUT2D eigenvalue weighted by atomic mass is 9.99. The topological polar surface area (TPSA) is 26.3 Å². The van der Waals surface area contributed by atoms with Crippen LogP contribution in [0.15, 0.2) is 59.7 Å². The molecular weight excluding hydrogens is 272 g/mol. The van der Waals surface area contributed by atoms with E-state index in [1.54, 1.807) is 0 Å². The van der Waals surface area contributed by atoms with Gasteiger partial charge in [0.05, 0.1) is 7.11 Å². The predicted molar refractivity (Wildman–Crippen MR) is 90.5 cm³/mol. The van der Waals surface area contributed by atoms with Gasteiger partial charge in [0.25, 0.3) is 0 Å². The van der Waals surface area contributed by atoms with E-state index in [0.717, 1.165) is 24.0 Å². The third-order valence-corrected chi connectivity index (χ3v) is 4.17. The zero-order chi connectivity index (χ0) is 15.5. The maximum absolute atomic E-state index is 12.0. The SMILES string of the molecule is CCCC1=C(C(=O)OC)CC(c2ccc3ccccc3c2)=C1. The number of fused-ring (bicyclic) bond motifs is 1. The average molecular weight is 292 g/mol. The molecule has 0 N–H and O–H groups in total. The van der Waals surface area contributed by atoms with Crippen LogP contribution in [0, 0.1) is 0 Å². The first-order chi connectivity index (χ1) is 10.7. The summed E-state index contributed by atoms with van der Waals surface area (Å²) in [5.74, 6) is -0.199. The number of hydrogen-bond acceptors (Lipinski definition) is 2. The standard InChI is InChI=1S/C20H20O2/c1-3-6-17-12-18(13-19(17)20(21)22-2)16-10-9-14-7-4-5-8-15(14)11-16/h4-5,7-12H,3,6,13H2,1-2H3. The molecule has 0 amide bonds. The van der Waals surface area contributed by atoms with Crippen molar-refractivity contribution < 1.29 is 9.53 Å². The zero-order valence-electron chi connectivity index (χ0n) is 13.1. The molecule has 1 aliphatic carbocycles. The molecule has 0 spiro atoms. The molecule has 0 bridgehead atoms. The summed E-state index contributed by atoms with van der Waals surface area (Å²) in [6.07, 6.45) is 4.78. The van der Waals surface area contributed by atoms with Crippen LogP contribution in [0.2, 0.25) is 0 Å². The van der Waals surface area contributed by atoms with Crippen molar-refractivity contribution in [2.45, 2.75) is 26.2 Å². The lowest BCUT2D eigenvalue weighted by Crippen LogP contribution is -2.05. The van der Waals surface area contributed by atoms with Gasteiger partial charge >= 0.3 is 5.97 Å². The van der Waals surface area contributed by atoms with E-state index in [0.29, 0.717) is 6.42 Å². The zero-order valence-corrected chi connectivity index (χ0v) is 13.1. The van der Waals surface area contributed by atoms with E-state index in [4.69, 9.17) is 4.74 Å². The Kier molecular flexibility index (Phi) is 4.10. The summed E-state index contributed by atoms with van der Waals surface area (Å²) in [7, 11) is 1.45. The van der Waals surface area contributed by atoms with Gasteiger partial charge in [-0.05, 0) is 40.0 Å². The molecule has 0 unspecified atom stereocenters. The van der Waals surface area contributed by atoms with E-state index >= 15 is 0 Å². The van der Waals surface area contributed by atoms with Gasteiger partial charge < -0.3 is 4.74 Å². The smallest absolute Gasteiger partial charge is 0.334 e. The number of esters is 1. The third-order valence-electron chi connectivity index (χ3n) is 4.17. The van der Waals surface area contributed by atoms with Crippen molar-refractivity contribution >= 4 is 22.3 Å². The third kappa shape index (κ3) is 2.69. The van der Waals surface area contributed by atoms with E-state index in [9.17, 15) is 4.79 Å². The summed E-state index contributed by atoms with van der Waals surface area (Å²) in [6, 6.07) is 14.8. The van der Waals surface area contributed by atoms with Crippen molar-refractivity contribution in [2.75, 3.05) is 7.11 Å². The number of allylic oxidation sites excluding steroid dienone is 3. The van der Waals surface area contributed by atoms with Gasteiger partial charge in [-0.2, -0.15) is 0 Å². The largest absolute Gasteiger partial charge is 0.466 e. The van der Waals surface area contributed by atoms with Crippen molar-refractivity contribution in [1.29, 1.82) is 0 Å². The fraction of sp³-hybridized carbons (Fsp3) is 0.250. The average Bonchev–Trinajstić information content (AvgIpc) is 2.98. The summed E-state index contributed by atoms with van der Waals surface area (Å²) in [5.41, 5.74) is 4.32. The van der Waals surface area contributed by atoms with Crippen LogP contribution in [0.1, 0.15) is 31.7 Å². The maximum Gasteiger partial charge on any atom is 0.334 e. The molecule has 22 heavy (non-hydrogen) atoms. The maximum atomic E-state index is 12.0. The van der Waals surface area contributed by atoms with Gasteiger partial charge in [-0.1, -0.05) is 55.8 Å². The van der Waals surface area contributed by atoms with Crippen molar-refractivity contribution in [3.63, 3.8) is 0 Å². The molecule has 0 aliphatic heterocycles. The fourth-order valence-electron chi connectivity index (χ4n) is 3.05. The molecule has 1 aliphatic rings. The Morgan fingerprint density at radius 2 is 1.91 bits per heavy atom. The summed E-state index contributed by atoms with van der Waals surface area (Å²) >= 11 is 0. The van der Waals surface area contributed by atoms with Crippen LogP contribution < -0.4 is 0 Å². The van der Waals surface area contributed by atoms with Gasteiger partial charge in [-0.15, -0.1) is 0 Å². The summed E-state index contributed by atoms with van der Waals surface area (Å²) in [4.78, 5) is 12.0. The van der Waals surface area contributed by atoms with Crippen LogP contribution in [-0.2, 0) is 9.53 Å². The number of hydrogen-bond donors (Lipinski definition) is 0. The highest BCUT2D eigenvalue weighted by Gasteiger charge is 2.22. The first kappa shape index (κ1) is 14.6. The fourth-order valence-corrected chi connectivity index (χ4v) is 3.05. The molecule has 0 saturated heterocycles. The molecule has 2 aromatic rings. The molecule has 0 fully saturated rings. The quantitative estimate of drug-likeness (QED) is 0.749. The van der Waals surface area contributed by atoms with E-state index < -0.39 is 0 Å². The minimum atomic E-state index is -0.199. The number of carbonyl (C=O) groups is 1. The molecule has 0 saturated carbocycles. The second kappa shape index (κ2) is 6.18. The Labute approximate surface area is 131 Å². The van der Waals surface area contributed by atoms with Crippen LogP contribution in [0.3, 0.4) is 0 Å². The number of methoxy groups -OCH3 is 1. The minimum absolute atomic E-state index is 0.199. The highest BCUT2D eigenvalue weighted by atomic mass is 16.5. The Balaban J connectivity index is 1.95. The minimum Gasteiger partial charge on any atom is -0.466 e. The Bertz CT molecular complexity index is 781. The highest BCUT2D eigenvalue weighted by Crippen LogP contribution is 2.36. The Hall–Kier alpha value is -2.35. The molecule has 3 rings (SSSR count). The number of ether oxygens (including phenoxy) is 1. The molecule has 0 heterocycles. The van der Waals surface area contributed by atoms with Gasteiger partial charge in [0, 0.05) is 12.0 Å². The molecule has 0 aromatic heterocycles. The summed E-state index contributed by atoms with van der Waals surface area (Å²) < 4.78 is 4.94. The molecular formula is C20H20O2. The van der Waals surface area contributed by atoms with Crippen molar-refractivity contribution in [1.82, 2.24) is 0 Å². The van der Waals surface area contributed by atoms with Crippen molar-refractivity contribution in [2.24, 2.45) is 0 Å². The van der Waals surface area contributed by atoms with Gasteiger partial charge in [0.2, 0.25) is 0 Å². The first-order valence-corrected chi connectivity index (χ1v) is 7.73. The van der Waals surface area contributed by atoms with Crippen molar-refractivity contribution in [3.8, 4) is 0 Å².